The summed E-state index contributed by atoms with van der Waals surface area (Å²) in [5.41, 5.74) is 5.00. The van der Waals surface area contributed by atoms with E-state index in [0.29, 0.717) is 11.1 Å². The third kappa shape index (κ3) is 3.61. The number of hydrogen-bond donors (Lipinski definition) is 0. The van der Waals surface area contributed by atoms with Gasteiger partial charge in [-0.25, -0.2) is 9.38 Å². The van der Waals surface area contributed by atoms with E-state index in [-0.39, 0.29) is 5.56 Å². The van der Waals surface area contributed by atoms with Gasteiger partial charge in [0, 0.05) is 0 Å². The van der Waals surface area contributed by atoms with Crippen molar-refractivity contribution in [2.75, 3.05) is 0 Å². The molecular formula is C24H17IN2O2S. The molecule has 0 aliphatic carbocycles. The summed E-state index contributed by atoms with van der Waals surface area (Å²) in [5, 5.41) is 0. The molecule has 148 valence electrons. The van der Waals surface area contributed by atoms with Gasteiger partial charge in [0.1, 0.15) is 12.4 Å². The Balaban J connectivity index is 1.44. The van der Waals surface area contributed by atoms with E-state index in [1.54, 1.807) is 4.40 Å². The molecule has 30 heavy (non-hydrogen) atoms. The molecule has 0 aliphatic heterocycles. The minimum absolute atomic E-state index is 0.0293. The van der Waals surface area contributed by atoms with Gasteiger partial charge in [-0.3, -0.25) is 4.79 Å². The Morgan fingerprint density at radius 2 is 1.90 bits per heavy atom. The predicted molar refractivity (Wildman–Crippen MR) is 130 cm³/mol. The van der Waals surface area contributed by atoms with Crippen LogP contribution in [0.2, 0.25) is 0 Å². The SMILES string of the molecule is Cc1ccc(COc2ccc(C=c3sc4nc5ccccc5n4c3=O)cc2I)cc1. The lowest BCUT2D eigenvalue weighted by molar-refractivity contribution is 0.304. The van der Waals surface area contributed by atoms with Gasteiger partial charge in [0.15, 0.2) is 4.96 Å². The van der Waals surface area contributed by atoms with Crippen LogP contribution >= 0.6 is 33.9 Å². The maximum atomic E-state index is 12.9. The molecule has 0 saturated carbocycles. The molecule has 0 fully saturated rings. The molecule has 0 atom stereocenters. The van der Waals surface area contributed by atoms with Crippen LogP contribution in [0.1, 0.15) is 16.7 Å². The number of thiazole rings is 1. The van der Waals surface area contributed by atoms with E-state index in [1.165, 1.54) is 16.9 Å². The van der Waals surface area contributed by atoms with Crippen LogP contribution in [0.15, 0.2) is 71.5 Å². The van der Waals surface area contributed by atoms with Crippen LogP contribution in [0.5, 0.6) is 5.75 Å². The number of fused-ring (bicyclic) bond motifs is 3. The molecule has 0 bridgehead atoms. The van der Waals surface area contributed by atoms with E-state index >= 15 is 0 Å². The Morgan fingerprint density at radius 1 is 1.10 bits per heavy atom. The first kappa shape index (κ1) is 19.3. The molecule has 0 amide bonds. The standard InChI is InChI=1S/C24H17IN2O2S/c1-15-6-8-16(9-7-15)14-29-21-11-10-17(12-18(21)25)13-22-23(28)27-20-5-3-2-4-19(20)26-24(27)30-22/h2-13H,14H2,1H3. The summed E-state index contributed by atoms with van der Waals surface area (Å²) in [6.45, 7) is 2.60. The highest BCUT2D eigenvalue weighted by Crippen LogP contribution is 2.24. The Bertz CT molecular complexity index is 1490. The molecule has 5 rings (SSSR count). The zero-order chi connectivity index (χ0) is 20.7. The third-order valence-corrected chi connectivity index (χ3v) is 6.73. The van der Waals surface area contributed by atoms with Crippen LogP contribution in [0.4, 0.5) is 0 Å². The van der Waals surface area contributed by atoms with Crippen LogP contribution in [0.25, 0.3) is 22.1 Å². The van der Waals surface area contributed by atoms with Gasteiger partial charge in [-0.15, -0.1) is 0 Å². The average molecular weight is 524 g/mol. The van der Waals surface area contributed by atoms with Crippen LogP contribution in [0, 0.1) is 10.5 Å². The highest BCUT2D eigenvalue weighted by Gasteiger charge is 2.11. The Kier molecular flexibility index (Phi) is 5.04. The van der Waals surface area contributed by atoms with Crippen molar-refractivity contribution in [3.63, 3.8) is 0 Å². The number of aryl methyl sites for hydroxylation is 1. The molecular weight excluding hydrogens is 507 g/mol. The number of halogens is 1. The summed E-state index contributed by atoms with van der Waals surface area (Å²) in [7, 11) is 0. The Morgan fingerprint density at radius 3 is 2.70 bits per heavy atom. The first-order chi connectivity index (χ1) is 14.6. The normalized spacial score (nSPS) is 12.1. The lowest BCUT2D eigenvalue weighted by Gasteiger charge is -2.09. The van der Waals surface area contributed by atoms with E-state index in [9.17, 15) is 4.79 Å². The molecule has 0 saturated heterocycles. The van der Waals surface area contributed by atoms with Crippen molar-refractivity contribution >= 4 is 56.0 Å². The van der Waals surface area contributed by atoms with Crippen molar-refractivity contribution in [1.82, 2.24) is 9.38 Å². The maximum absolute atomic E-state index is 12.9. The first-order valence-electron chi connectivity index (χ1n) is 9.48. The zero-order valence-electron chi connectivity index (χ0n) is 16.1. The molecule has 3 aromatic carbocycles. The van der Waals surface area contributed by atoms with Crippen LogP contribution in [-0.2, 0) is 6.61 Å². The van der Waals surface area contributed by atoms with Crippen molar-refractivity contribution in [1.29, 1.82) is 0 Å². The lowest BCUT2D eigenvalue weighted by Crippen LogP contribution is -2.22. The monoisotopic (exact) mass is 524 g/mol. The molecule has 2 heterocycles. The van der Waals surface area contributed by atoms with Crippen LogP contribution in [0.3, 0.4) is 0 Å². The van der Waals surface area contributed by atoms with Crippen molar-refractivity contribution < 1.29 is 4.74 Å². The van der Waals surface area contributed by atoms with E-state index in [0.717, 1.165) is 36.4 Å². The topological polar surface area (TPSA) is 43.6 Å². The van der Waals surface area contributed by atoms with Gasteiger partial charge in [0.25, 0.3) is 5.56 Å². The van der Waals surface area contributed by atoms with Crippen molar-refractivity contribution in [2.24, 2.45) is 0 Å². The molecule has 5 aromatic rings. The highest BCUT2D eigenvalue weighted by molar-refractivity contribution is 14.1. The fraction of sp³-hybridized carbons (Fsp3) is 0.0833. The zero-order valence-corrected chi connectivity index (χ0v) is 19.1. The van der Waals surface area contributed by atoms with E-state index in [1.807, 2.05) is 48.5 Å². The van der Waals surface area contributed by atoms with Gasteiger partial charge in [-0.1, -0.05) is 59.4 Å². The van der Waals surface area contributed by atoms with E-state index in [4.69, 9.17) is 4.74 Å². The van der Waals surface area contributed by atoms with Gasteiger partial charge in [0.05, 0.1) is 19.1 Å². The lowest BCUT2D eigenvalue weighted by atomic mass is 10.2. The Labute approximate surface area is 190 Å². The van der Waals surface area contributed by atoms with E-state index < -0.39 is 0 Å². The van der Waals surface area contributed by atoms with Crippen molar-refractivity contribution in [3.8, 4) is 5.75 Å². The molecule has 0 aliphatic rings. The van der Waals surface area contributed by atoms with Gasteiger partial charge < -0.3 is 4.74 Å². The number of rotatable bonds is 4. The second-order valence-corrected chi connectivity index (χ2v) is 9.27. The average Bonchev–Trinajstić information content (AvgIpc) is 3.25. The molecule has 2 aromatic heterocycles. The number of benzene rings is 3. The molecule has 0 radical (unpaired) electrons. The van der Waals surface area contributed by atoms with Gasteiger partial charge in [0.2, 0.25) is 0 Å². The number of imidazole rings is 1. The summed E-state index contributed by atoms with van der Waals surface area (Å²) in [5.74, 6) is 0.836. The minimum Gasteiger partial charge on any atom is -0.488 e. The highest BCUT2D eigenvalue weighted by atomic mass is 127. The second kappa shape index (κ2) is 7.85. The fourth-order valence-electron chi connectivity index (χ4n) is 3.33. The molecule has 0 spiro atoms. The van der Waals surface area contributed by atoms with Crippen LogP contribution in [-0.4, -0.2) is 9.38 Å². The molecule has 0 unspecified atom stereocenters. The minimum atomic E-state index is -0.0293. The fourth-order valence-corrected chi connectivity index (χ4v) is 5.01. The number of para-hydroxylation sites is 2. The van der Waals surface area contributed by atoms with Crippen molar-refractivity contribution in [3.05, 3.63) is 102 Å². The summed E-state index contributed by atoms with van der Waals surface area (Å²) in [6, 6.07) is 22.0. The Hall–Kier alpha value is -2.71. The van der Waals surface area contributed by atoms with Crippen molar-refractivity contribution in [2.45, 2.75) is 13.5 Å². The largest absolute Gasteiger partial charge is 0.488 e. The summed E-state index contributed by atoms with van der Waals surface area (Å²) in [6.07, 6.45) is 1.92. The van der Waals surface area contributed by atoms with Gasteiger partial charge in [-0.2, -0.15) is 0 Å². The maximum Gasteiger partial charge on any atom is 0.274 e. The summed E-state index contributed by atoms with van der Waals surface area (Å²) < 4.78 is 9.35. The first-order valence-corrected chi connectivity index (χ1v) is 11.4. The van der Waals surface area contributed by atoms with E-state index in [2.05, 4.69) is 58.8 Å². The molecule has 6 heteroatoms. The summed E-state index contributed by atoms with van der Waals surface area (Å²) in [4.78, 5) is 18.2. The molecule has 0 N–H and O–H groups in total. The van der Waals surface area contributed by atoms with Crippen LogP contribution < -0.4 is 14.8 Å². The summed E-state index contributed by atoms with van der Waals surface area (Å²) >= 11 is 3.69. The number of nitrogens with zero attached hydrogens (tertiary/aromatic N) is 2. The predicted octanol–water partition coefficient (Wildman–Crippen LogP) is 4.95. The van der Waals surface area contributed by atoms with Gasteiger partial charge >= 0.3 is 0 Å². The number of aromatic nitrogens is 2. The number of hydrogen-bond acceptors (Lipinski definition) is 4. The smallest absolute Gasteiger partial charge is 0.274 e. The molecule has 4 nitrogen and oxygen atoms in total. The third-order valence-electron chi connectivity index (χ3n) is 4.91. The van der Waals surface area contributed by atoms with Gasteiger partial charge in [-0.05, 0) is 71.0 Å². The second-order valence-electron chi connectivity index (χ2n) is 7.10. The quantitative estimate of drug-likeness (QED) is 0.313. The number of ether oxygens (including phenoxy) is 1.